The largest absolute Gasteiger partial charge is 0.497 e. The molecule has 0 saturated heterocycles. The minimum atomic E-state index is -0.259. The quantitative estimate of drug-likeness (QED) is 0.608. The van der Waals surface area contributed by atoms with E-state index in [1.54, 1.807) is 31.5 Å². The number of aryl methyl sites for hydroxylation is 2. The first-order chi connectivity index (χ1) is 13.9. The molecule has 3 rings (SSSR count). The van der Waals surface area contributed by atoms with Gasteiger partial charge in [-0.2, -0.15) is 0 Å². The van der Waals surface area contributed by atoms with E-state index in [1.807, 2.05) is 45.0 Å². The topological polar surface area (TPSA) is 85.6 Å². The van der Waals surface area contributed by atoms with Crippen molar-refractivity contribution in [2.24, 2.45) is 0 Å². The molecule has 2 N–H and O–H groups in total. The molecule has 1 atom stereocenters. The number of carbonyl (C=O) groups excluding carboxylic acids is 1. The number of hydrogen-bond acceptors (Lipinski definition) is 5. The smallest absolute Gasteiger partial charge is 0.315 e. The monoisotopic (exact) mass is 395 g/mol. The summed E-state index contributed by atoms with van der Waals surface area (Å²) in [4.78, 5) is 16.5. The lowest BCUT2D eigenvalue weighted by molar-refractivity contribution is 0.237. The van der Waals surface area contributed by atoms with Crippen molar-refractivity contribution in [1.29, 1.82) is 0 Å². The fraction of sp³-hybridized carbons (Fsp3) is 0.273. The molecule has 0 aliphatic carbocycles. The van der Waals surface area contributed by atoms with Crippen LogP contribution in [0.5, 0.6) is 17.4 Å². The van der Waals surface area contributed by atoms with E-state index >= 15 is 0 Å². The molecule has 0 fully saturated rings. The number of nitrogens with zero attached hydrogens (tertiary/aromatic N) is 1. The Balaban J connectivity index is 1.54. The normalized spacial score (nSPS) is 11.6. The molecule has 0 bridgehead atoms. The van der Waals surface area contributed by atoms with Crippen molar-refractivity contribution >= 4 is 6.03 Å². The van der Waals surface area contributed by atoms with Crippen LogP contribution >= 0.6 is 0 Å². The second kappa shape index (κ2) is 9.14. The Labute approximate surface area is 170 Å². The molecule has 2 heterocycles. The van der Waals surface area contributed by atoms with E-state index in [0.29, 0.717) is 18.2 Å². The van der Waals surface area contributed by atoms with Crippen LogP contribution in [0.25, 0.3) is 0 Å². The van der Waals surface area contributed by atoms with E-state index in [0.717, 1.165) is 28.4 Å². The zero-order valence-corrected chi connectivity index (χ0v) is 17.0. The van der Waals surface area contributed by atoms with Gasteiger partial charge in [-0.05, 0) is 62.7 Å². The van der Waals surface area contributed by atoms with Gasteiger partial charge in [0.2, 0.25) is 5.88 Å². The van der Waals surface area contributed by atoms with E-state index in [1.165, 1.54) is 0 Å². The molecule has 0 radical (unpaired) electrons. The Morgan fingerprint density at radius 2 is 1.86 bits per heavy atom. The van der Waals surface area contributed by atoms with Crippen molar-refractivity contribution < 1.29 is 18.7 Å². The third kappa shape index (κ3) is 5.51. The van der Waals surface area contributed by atoms with Gasteiger partial charge in [-0.15, -0.1) is 0 Å². The van der Waals surface area contributed by atoms with Crippen LogP contribution in [0.4, 0.5) is 4.79 Å². The third-order valence-electron chi connectivity index (χ3n) is 4.43. The van der Waals surface area contributed by atoms with E-state index in [9.17, 15) is 4.79 Å². The van der Waals surface area contributed by atoms with Crippen molar-refractivity contribution in [3.8, 4) is 17.4 Å². The average molecular weight is 395 g/mol. The summed E-state index contributed by atoms with van der Waals surface area (Å²) in [5.74, 6) is 3.50. The van der Waals surface area contributed by atoms with E-state index in [-0.39, 0.29) is 12.1 Å². The highest BCUT2D eigenvalue weighted by molar-refractivity contribution is 5.74. The standard InChI is InChI=1S/C22H25N3O4/c1-14-11-20(16(3)28-14)15(2)25-22(26)24-13-17-9-10-23-21(12-17)29-19-7-5-18(27-4)6-8-19/h5-12,15H,13H2,1-4H3,(H2,24,25,26). The number of urea groups is 1. The van der Waals surface area contributed by atoms with Crippen molar-refractivity contribution in [3.05, 3.63) is 71.3 Å². The molecule has 3 aromatic rings. The number of furan rings is 1. The second-order valence-electron chi connectivity index (χ2n) is 6.70. The van der Waals surface area contributed by atoms with Gasteiger partial charge in [0.05, 0.1) is 13.2 Å². The first-order valence-electron chi connectivity index (χ1n) is 9.32. The molecule has 29 heavy (non-hydrogen) atoms. The molecular formula is C22H25N3O4. The SMILES string of the molecule is COc1ccc(Oc2cc(CNC(=O)NC(C)c3cc(C)oc3C)ccn2)cc1. The molecule has 7 nitrogen and oxygen atoms in total. The van der Waals surface area contributed by atoms with Crippen molar-refractivity contribution in [2.75, 3.05) is 7.11 Å². The Bertz CT molecular complexity index is 966. The average Bonchev–Trinajstić information content (AvgIpc) is 3.05. The maximum atomic E-state index is 12.2. The van der Waals surface area contributed by atoms with Crippen LogP contribution in [-0.4, -0.2) is 18.1 Å². The summed E-state index contributed by atoms with van der Waals surface area (Å²) < 4.78 is 16.4. The molecule has 0 spiro atoms. The molecule has 0 aliphatic heterocycles. The predicted octanol–water partition coefficient (Wildman–Crippen LogP) is 4.65. The van der Waals surface area contributed by atoms with Gasteiger partial charge >= 0.3 is 6.03 Å². The molecule has 2 amide bonds. The third-order valence-corrected chi connectivity index (χ3v) is 4.43. The number of methoxy groups -OCH3 is 1. The summed E-state index contributed by atoms with van der Waals surface area (Å²) in [6, 6.07) is 12.4. The lowest BCUT2D eigenvalue weighted by Crippen LogP contribution is -2.36. The Morgan fingerprint density at radius 1 is 1.14 bits per heavy atom. The number of ether oxygens (including phenoxy) is 2. The number of rotatable bonds is 7. The molecule has 1 unspecified atom stereocenters. The summed E-state index contributed by atoms with van der Waals surface area (Å²) in [5, 5.41) is 5.77. The summed E-state index contributed by atoms with van der Waals surface area (Å²) in [6.45, 7) is 6.05. The maximum Gasteiger partial charge on any atom is 0.315 e. The van der Waals surface area contributed by atoms with Gasteiger partial charge < -0.3 is 24.5 Å². The zero-order chi connectivity index (χ0) is 20.8. The van der Waals surface area contributed by atoms with Gasteiger partial charge in [-0.25, -0.2) is 9.78 Å². The van der Waals surface area contributed by atoms with Crippen molar-refractivity contribution in [2.45, 2.75) is 33.4 Å². The van der Waals surface area contributed by atoms with E-state index in [2.05, 4.69) is 15.6 Å². The maximum absolute atomic E-state index is 12.2. The van der Waals surface area contributed by atoms with Crippen LogP contribution in [0, 0.1) is 13.8 Å². The Kier molecular flexibility index (Phi) is 6.39. The number of pyridine rings is 1. The fourth-order valence-corrected chi connectivity index (χ4v) is 2.97. The predicted molar refractivity (Wildman–Crippen MR) is 109 cm³/mol. The van der Waals surface area contributed by atoms with E-state index < -0.39 is 0 Å². The number of aromatic nitrogens is 1. The van der Waals surface area contributed by atoms with Gasteiger partial charge in [0.1, 0.15) is 23.0 Å². The number of nitrogens with one attached hydrogen (secondary N) is 2. The summed E-state index contributed by atoms with van der Waals surface area (Å²) in [5.41, 5.74) is 1.85. The molecule has 7 heteroatoms. The lowest BCUT2D eigenvalue weighted by Gasteiger charge is -2.14. The number of hydrogen-bond donors (Lipinski definition) is 2. The molecule has 0 saturated carbocycles. The Hall–Kier alpha value is -3.48. The fourth-order valence-electron chi connectivity index (χ4n) is 2.97. The minimum absolute atomic E-state index is 0.154. The molecule has 0 aliphatic rings. The van der Waals surface area contributed by atoms with Gasteiger partial charge in [-0.3, -0.25) is 0 Å². The van der Waals surface area contributed by atoms with Crippen LogP contribution in [0.3, 0.4) is 0 Å². The minimum Gasteiger partial charge on any atom is -0.497 e. The molecule has 1 aromatic carbocycles. The lowest BCUT2D eigenvalue weighted by atomic mass is 10.1. The number of carbonyl (C=O) groups is 1. The summed E-state index contributed by atoms with van der Waals surface area (Å²) in [6.07, 6.45) is 1.65. The van der Waals surface area contributed by atoms with Crippen LogP contribution < -0.4 is 20.1 Å². The highest BCUT2D eigenvalue weighted by atomic mass is 16.5. The number of benzene rings is 1. The molecule has 152 valence electrons. The summed E-state index contributed by atoms with van der Waals surface area (Å²) >= 11 is 0. The van der Waals surface area contributed by atoms with Crippen LogP contribution in [-0.2, 0) is 6.54 Å². The van der Waals surface area contributed by atoms with Crippen molar-refractivity contribution in [3.63, 3.8) is 0 Å². The highest BCUT2D eigenvalue weighted by Crippen LogP contribution is 2.23. The van der Waals surface area contributed by atoms with Crippen LogP contribution in [0.2, 0.25) is 0 Å². The Morgan fingerprint density at radius 3 is 2.52 bits per heavy atom. The summed E-state index contributed by atoms with van der Waals surface area (Å²) in [7, 11) is 1.61. The first kappa shape index (κ1) is 20.3. The highest BCUT2D eigenvalue weighted by Gasteiger charge is 2.15. The molecular weight excluding hydrogens is 370 g/mol. The van der Waals surface area contributed by atoms with Crippen molar-refractivity contribution in [1.82, 2.24) is 15.6 Å². The van der Waals surface area contributed by atoms with Gasteiger partial charge in [0, 0.05) is 24.4 Å². The van der Waals surface area contributed by atoms with Crippen LogP contribution in [0.1, 0.15) is 35.6 Å². The number of amides is 2. The van der Waals surface area contributed by atoms with E-state index in [4.69, 9.17) is 13.9 Å². The molecule has 2 aromatic heterocycles. The van der Waals surface area contributed by atoms with Crippen LogP contribution in [0.15, 0.2) is 53.1 Å². The first-order valence-corrected chi connectivity index (χ1v) is 9.32. The second-order valence-corrected chi connectivity index (χ2v) is 6.70. The van der Waals surface area contributed by atoms with Gasteiger partial charge in [-0.1, -0.05) is 0 Å². The van der Waals surface area contributed by atoms with Gasteiger partial charge in [0.25, 0.3) is 0 Å². The zero-order valence-electron chi connectivity index (χ0n) is 17.0. The van der Waals surface area contributed by atoms with Gasteiger partial charge in [0.15, 0.2) is 0 Å².